The van der Waals surface area contributed by atoms with Crippen LogP contribution >= 0.6 is 0 Å². The molecule has 0 aromatic carbocycles. The molecule has 108 valence electrons. The highest BCUT2D eigenvalue weighted by Crippen LogP contribution is 2.28. The van der Waals surface area contributed by atoms with Gasteiger partial charge in [0, 0.05) is 31.2 Å². The maximum absolute atomic E-state index is 6.07. The normalized spacial score (nSPS) is 25.0. The molecule has 1 aliphatic rings. The molecule has 1 rings (SSSR count). The highest BCUT2D eigenvalue weighted by molar-refractivity contribution is 4.95. The molecule has 2 atom stereocenters. The Balaban J connectivity index is 2.63. The van der Waals surface area contributed by atoms with E-state index in [1.807, 2.05) is 0 Å². The number of nitrogens with zero attached hydrogens (tertiary/aromatic N) is 2. The van der Waals surface area contributed by atoms with Crippen LogP contribution in [0.25, 0.3) is 0 Å². The van der Waals surface area contributed by atoms with Gasteiger partial charge >= 0.3 is 0 Å². The van der Waals surface area contributed by atoms with Crippen LogP contribution in [0.2, 0.25) is 0 Å². The lowest BCUT2D eigenvalue weighted by atomic mass is 9.89. The lowest BCUT2D eigenvalue weighted by molar-refractivity contribution is 0.103. The zero-order valence-electron chi connectivity index (χ0n) is 13.1. The molecule has 18 heavy (non-hydrogen) atoms. The maximum atomic E-state index is 6.07. The lowest BCUT2D eigenvalue weighted by Gasteiger charge is -2.40. The van der Waals surface area contributed by atoms with Crippen molar-refractivity contribution in [1.29, 1.82) is 0 Å². The van der Waals surface area contributed by atoms with Gasteiger partial charge in [-0.05, 0) is 38.8 Å². The van der Waals surface area contributed by atoms with E-state index in [9.17, 15) is 0 Å². The van der Waals surface area contributed by atoms with Gasteiger partial charge in [-0.25, -0.2) is 0 Å². The number of hydrogen-bond donors (Lipinski definition) is 1. The van der Waals surface area contributed by atoms with Gasteiger partial charge in [0.1, 0.15) is 0 Å². The van der Waals surface area contributed by atoms with E-state index in [-0.39, 0.29) is 5.54 Å². The van der Waals surface area contributed by atoms with Crippen LogP contribution in [0.5, 0.6) is 0 Å². The second kappa shape index (κ2) is 6.88. The van der Waals surface area contributed by atoms with Crippen LogP contribution in [0.4, 0.5) is 0 Å². The number of likely N-dealkylation sites (N-methyl/N-ethyl adjacent to an activating group) is 1. The zero-order chi connectivity index (χ0) is 13.8. The van der Waals surface area contributed by atoms with Gasteiger partial charge in [-0.15, -0.1) is 0 Å². The van der Waals surface area contributed by atoms with Crippen molar-refractivity contribution < 1.29 is 0 Å². The van der Waals surface area contributed by atoms with Gasteiger partial charge in [0.15, 0.2) is 0 Å². The third kappa shape index (κ3) is 3.69. The van der Waals surface area contributed by atoms with Crippen LogP contribution in [-0.4, -0.2) is 54.1 Å². The number of rotatable bonds is 7. The molecule has 0 saturated carbocycles. The Morgan fingerprint density at radius 3 is 2.39 bits per heavy atom. The predicted molar refractivity (Wildman–Crippen MR) is 79.8 cm³/mol. The van der Waals surface area contributed by atoms with Crippen molar-refractivity contribution in [2.45, 2.75) is 59.0 Å². The van der Waals surface area contributed by atoms with Crippen LogP contribution in [0, 0.1) is 5.92 Å². The molecule has 0 aliphatic carbocycles. The van der Waals surface area contributed by atoms with Gasteiger partial charge in [-0.2, -0.15) is 0 Å². The van der Waals surface area contributed by atoms with Crippen molar-refractivity contribution >= 4 is 0 Å². The monoisotopic (exact) mass is 255 g/mol. The Morgan fingerprint density at radius 2 is 1.94 bits per heavy atom. The van der Waals surface area contributed by atoms with Crippen LogP contribution in [-0.2, 0) is 0 Å². The molecule has 1 fully saturated rings. The van der Waals surface area contributed by atoms with E-state index in [4.69, 9.17) is 5.73 Å². The third-order valence-corrected chi connectivity index (χ3v) is 4.54. The predicted octanol–water partition coefficient (Wildman–Crippen LogP) is 2.17. The smallest absolute Gasteiger partial charge is 0.0306 e. The number of nitrogens with two attached hydrogens (primary N) is 1. The first-order valence-corrected chi connectivity index (χ1v) is 7.66. The van der Waals surface area contributed by atoms with Gasteiger partial charge in [0.05, 0.1) is 0 Å². The van der Waals surface area contributed by atoms with Crippen molar-refractivity contribution in [3.05, 3.63) is 0 Å². The number of hydrogen-bond acceptors (Lipinski definition) is 3. The SMILES string of the molecule is CCN(CC)C1CCN(C(C)(CN)CC(C)C)C1. The highest BCUT2D eigenvalue weighted by Gasteiger charge is 2.37. The van der Waals surface area contributed by atoms with Gasteiger partial charge in [0.25, 0.3) is 0 Å². The largest absolute Gasteiger partial charge is 0.329 e. The standard InChI is InChI=1S/C15H33N3/c1-6-17(7-2)14-8-9-18(11-14)15(5,12-16)10-13(3)4/h13-14H,6-12,16H2,1-5H3. The fourth-order valence-electron chi connectivity index (χ4n) is 3.49. The molecule has 0 spiro atoms. The van der Waals surface area contributed by atoms with Gasteiger partial charge < -0.3 is 5.73 Å². The summed E-state index contributed by atoms with van der Waals surface area (Å²) in [5.74, 6) is 0.714. The van der Waals surface area contributed by atoms with Crippen LogP contribution in [0.3, 0.4) is 0 Å². The minimum Gasteiger partial charge on any atom is -0.329 e. The van der Waals surface area contributed by atoms with Crippen molar-refractivity contribution in [3.8, 4) is 0 Å². The summed E-state index contributed by atoms with van der Waals surface area (Å²) < 4.78 is 0. The summed E-state index contributed by atoms with van der Waals surface area (Å²) in [6, 6.07) is 0.734. The van der Waals surface area contributed by atoms with Gasteiger partial charge in [0.2, 0.25) is 0 Å². The minimum absolute atomic E-state index is 0.191. The second-order valence-electron chi connectivity index (χ2n) is 6.41. The molecule has 2 unspecified atom stereocenters. The van der Waals surface area contributed by atoms with E-state index in [0.29, 0.717) is 5.92 Å². The Kier molecular flexibility index (Phi) is 6.09. The third-order valence-electron chi connectivity index (χ3n) is 4.54. The first-order valence-electron chi connectivity index (χ1n) is 7.66. The zero-order valence-corrected chi connectivity index (χ0v) is 13.1. The average Bonchev–Trinajstić information content (AvgIpc) is 2.80. The Morgan fingerprint density at radius 1 is 1.33 bits per heavy atom. The topological polar surface area (TPSA) is 32.5 Å². The van der Waals surface area contributed by atoms with E-state index in [1.165, 1.54) is 39.0 Å². The van der Waals surface area contributed by atoms with E-state index in [1.54, 1.807) is 0 Å². The first kappa shape index (κ1) is 15.9. The van der Waals surface area contributed by atoms with Gasteiger partial charge in [-0.3, -0.25) is 9.80 Å². The maximum Gasteiger partial charge on any atom is 0.0306 e. The summed E-state index contributed by atoms with van der Waals surface area (Å²) in [7, 11) is 0. The summed E-state index contributed by atoms with van der Waals surface area (Å²) in [6.07, 6.45) is 2.50. The number of likely N-dealkylation sites (tertiary alicyclic amines) is 1. The van der Waals surface area contributed by atoms with Crippen molar-refractivity contribution in [2.75, 3.05) is 32.7 Å². The molecule has 0 aromatic heterocycles. The molecular weight excluding hydrogens is 222 g/mol. The van der Waals surface area contributed by atoms with Crippen molar-refractivity contribution in [2.24, 2.45) is 11.7 Å². The second-order valence-corrected chi connectivity index (χ2v) is 6.41. The molecule has 3 heteroatoms. The fraction of sp³-hybridized carbons (Fsp3) is 1.00. The van der Waals surface area contributed by atoms with Crippen LogP contribution in [0.1, 0.15) is 47.5 Å². The molecule has 2 N–H and O–H groups in total. The summed E-state index contributed by atoms with van der Waals surface area (Å²) >= 11 is 0. The molecule has 0 radical (unpaired) electrons. The molecule has 0 amide bonds. The van der Waals surface area contributed by atoms with Crippen molar-refractivity contribution in [1.82, 2.24) is 9.80 Å². The summed E-state index contributed by atoms with van der Waals surface area (Å²) in [5, 5.41) is 0. The fourth-order valence-corrected chi connectivity index (χ4v) is 3.49. The van der Waals surface area contributed by atoms with Crippen molar-refractivity contribution in [3.63, 3.8) is 0 Å². The summed E-state index contributed by atoms with van der Waals surface area (Å²) in [5.41, 5.74) is 6.26. The van der Waals surface area contributed by atoms with Crippen LogP contribution in [0.15, 0.2) is 0 Å². The molecular formula is C15H33N3. The average molecular weight is 255 g/mol. The minimum atomic E-state index is 0.191. The molecule has 1 saturated heterocycles. The van der Waals surface area contributed by atoms with E-state index in [2.05, 4.69) is 44.4 Å². The quantitative estimate of drug-likeness (QED) is 0.757. The Labute approximate surface area is 114 Å². The molecule has 3 nitrogen and oxygen atoms in total. The van der Waals surface area contributed by atoms with E-state index in [0.717, 1.165) is 12.6 Å². The highest BCUT2D eigenvalue weighted by atomic mass is 15.3. The molecule has 0 aromatic rings. The molecule has 0 bridgehead atoms. The summed E-state index contributed by atoms with van der Waals surface area (Å²) in [4.78, 5) is 5.22. The Bertz CT molecular complexity index is 238. The summed E-state index contributed by atoms with van der Waals surface area (Å²) in [6.45, 7) is 17.0. The first-order chi connectivity index (χ1) is 8.46. The van der Waals surface area contributed by atoms with E-state index >= 15 is 0 Å². The van der Waals surface area contributed by atoms with Gasteiger partial charge in [-0.1, -0.05) is 27.7 Å². The Hall–Kier alpha value is -0.120. The lowest BCUT2D eigenvalue weighted by Crippen LogP contribution is -2.52. The molecule has 1 aliphatic heterocycles. The van der Waals surface area contributed by atoms with E-state index < -0.39 is 0 Å². The van der Waals surface area contributed by atoms with Crippen LogP contribution < -0.4 is 5.73 Å². The molecule has 1 heterocycles.